The Hall–Kier alpha value is -4.03. The summed E-state index contributed by atoms with van der Waals surface area (Å²) < 4.78 is 40.9. The molecule has 38 heavy (non-hydrogen) atoms. The Kier molecular flexibility index (Phi) is 7.80. The molecule has 12 heteroatoms. The summed E-state index contributed by atoms with van der Waals surface area (Å²) in [7, 11) is 0. The van der Waals surface area contributed by atoms with Gasteiger partial charge in [-0.15, -0.1) is 0 Å². The quantitative estimate of drug-likeness (QED) is 0.215. The Morgan fingerprint density at radius 3 is 2.74 bits per heavy atom. The first-order valence-corrected chi connectivity index (χ1v) is 12.5. The van der Waals surface area contributed by atoms with Gasteiger partial charge in [0, 0.05) is 48.9 Å². The number of allylic oxidation sites excluding steroid dienone is 1. The van der Waals surface area contributed by atoms with E-state index in [1.165, 1.54) is 6.07 Å². The highest BCUT2D eigenvalue weighted by Crippen LogP contribution is 2.32. The van der Waals surface area contributed by atoms with Gasteiger partial charge < -0.3 is 25.1 Å². The molecule has 4 aromatic rings. The first-order valence-electron chi connectivity index (χ1n) is 12.5. The minimum Gasteiger partial charge on any atom is -0.421 e. The van der Waals surface area contributed by atoms with E-state index in [0.717, 1.165) is 51.0 Å². The van der Waals surface area contributed by atoms with E-state index in [2.05, 4.69) is 40.7 Å². The predicted octanol–water partition coefficient (Wildman–Crippen LogP) is 4.97. The molecule has 200 valence electrons. The summed E-state index contributed by atoms with van der Waals surface area (Å²) in [6, 6.07) is 5.90. The summed E-state index contributed by atoms with van der Waals surface area (Å²) in [5.74, 6) is -0.252. The van der Waals surface area contributed by atoms with Gasteiger partial charge in [0.05, 0.1) is 24.4 Å². The molecule has 1 aliphatic rings. The van der Waals surface area contributed by atoms with Crippen molar-refractivity contribution in [3.8, 4) is 11.8 Å². The molecule has 0 saturated carbocycles. The fraction of sp³-hybridized carbons (Fsp3) is 0.346. The van der Waals surface area contributed by atoms with E-state index in [-0.39, 0.29) is 22.7 Å². The molecule has 0 spiro atoms. The molecule has 1 aliphatic heterocycles. The maximum atomic E-state index is 15.2. The van der Waals surface area contributed by atoms with Crippen molar-refractivity contribution in [3.05, 3.63) is 53.4 Å². The minimum atomic E-state index is -0.698. The maximum absolute atomic E-state index is 15.2. The van der Waals surface area contributed by atoms with Crippen LogP contribution in [-0.4, -0.2) is 69.4 Å². The third-order valence-electron chi connectivity index (χ3n) is 6.07. The number of morpholine rings is 1. The fourth-order valence-corrected chi connectivity index (χ4v) is 4.27. The third-order valence-corrected chi connectivity index (χ3v) is 6.07. The number of aromatic nitrogens is 5. The number of rotatable bonds is 10. The standard InChI is InChI=1S/C26H30F2N8O2/c1-3-5-17-13-23(35-34-17)31-22-15-21(29-6-4-7-36-8-10-37-11-9-36)32-26(33-22)38-20-14-19(27)25-18(24(20)28)12-16(2)30-25/h3,5,12-15,30H,4,6-11H2,1-2H3,(H3,29,31,32,33,34,35)/b5-3+. The van der Waals surface area contributed by atoms with Crippen molar-refractivity contribution in [1.82, 2.24) is 30.0 Å². The number of aryl methyl sites for hydroxylation is 1. The van der Waals surface area contributed by atoms with Crippen molar-refractivity contribution in [1.29, 1.82) is 0 Å². The Morgan fingerprint density at radius 1 is 1.11 bits per heavy atom. The van der Waals surface area contributed by atoms with E-state index in [1.54, 1.807) is 13.0 Å². The number of hydrogen-bond donors (Lipinski definition) is 4. The van der Waals surface area contributed by atoms with Gasteiger partial charge in [-0.2, -0.15) is 15.1 Å². The molecule has 1 fully saturated rings. The molecule has 5 rings (SSSR count). The van der Waals surface area contributed by atoms with Crippen LogP contribution in [0, 0.1) is 18.6 Å². The molecule has 1 aromatic carbocycles. The van der Waals surface area contributed by atoms with Crippen LogP contribution in [0.4, 0.5) is 26.2 Å². The number of anilines is 3. The van der Waals surface area contributed by atoms with Gasteiger partial charge in [0.2, 0.25) is 0 Å². The molecule has 4 heterocycles. The van der Waals surface area contributed by atoms with Crippen molar-refractivity contribution in [3.63, 3.8) is 0 Å². The van der Waals surface area contributed by atoms with Gasteiger partial charge in [-0.1, -0.05) is 6.08 Å². The third kappa shape index (κ3) is 6.09. The number of hydrogen-bond acceptors (Lipinski definition) is 8. The smallest absolute Gasteiger partial charge is 0.326 e. The number of fused-ring (bicyclic) bond motifs is 1. The van der Waals surface area contributed by atoms with Gasteiger partial charge in [-0.3, -0.25) is 10.00 Å². The number of halogens is 2. The molecule has 0 radical (unpaired) electrons. The van der Waals surface area contributed by atoms with Gasteiger partial charge >= 0.3 is 6.01 Å². The summed E-state index contributed by atoms with van der Waals surface area (Å²) >= 11 is 0. The van der Waals surface area contributed by atoms with Crippen molar-refractivity contribution in [2.24, 2.45) is 0 Å². The largest absolute Gasteiger partial charge is 0.421 e. The molecule has 0 aliphatic carbocycles. The molecular formula is C26H30F2N8O2. The lowest BCUT2D eigenvalue weighted by Crippen LogP contribution is -2.37. The normalized spacial score (nSPS) is 14.4. The van der Waals surface area contributed by atoms with Crippen LogP contribution in [-0.2, 0) is 4.74 Å². The van der Waals surface area contributed by atoms with Gasteiger partial charge in [-0.25, -0.2) is 8.78 Å². The Balaban J connectivity index is 1.36. The SMILES string of the molecule is C/C=C/c1cc(Nc2cc(NCCCN3CCOCC3)nc(Oc3cc(F)c4[nH]c(C)cc4c3F)n2)n[nH]1. The average molecular weight is 525 g/mol. The van der Waals surface area contributed by atoms with E-state index in [4.69, 9.17) is 9.47 Å². The van der Waals surface area contributed by atoms with Crippen molar-refractivity contribution in [2.45, 2.75) is 20.3 Å². The van der Waals surface area contributed by atoms with Crippen molar-refractivity contribution in [2.75, 3.05) is 50.0 Å². The number of H-pyrrole nitrogens is 2. The summed E-state index contributed by atoms with van der Waals surface area (Å²) in [6.07, 6.45) is 4.66. The molecule has 1 saturated heterocycles. The van der Waals surface area contributed by atoms with Crippen LogP contribution in [0.3, 0.4) is 0 Å². The number of benzene rings is 1. The topological polar surface area (TPSA) is 116 Å². The van der Waals surface area contributed by atoms with Crippen LogP contribution in [0.1, 0.15) is 24.7 Å². The van der Waals surface area contributed by atoms with E-state index >= 15 is 4.39 Å². The molecule has 4 N–H and O–H groups in total. The second-order valence-electron chi connectivity index (χ2n) is 9.00. The lowest BCUT2D eigenvalue weighted by molar-refractivity contribution is 0.0378. The molecule has 0 amide bonds. The Labute approximate surface area is 218 Å². The average Bonchev–Trinajstić information content (AvgIpc) is 3.52. The number of aromatic amines is 2. The molecule has 0 atom stereocenters. The van der Waals surface area contributed by atoms with Crippen LogP contribution in [0.25, 0.3) is 17.0 Å². The summed E-state index contributed by atoms with van der Waals surface area (Å²) in [6.45, 7) is 8.57. The van der Waals surface area contributed by atoms with E-state index in [0.29, 0.717) is 29.7 Å². The van der Waals surface area contributed by atoms with Gasteiger partial charge in [-0.05, 0) is 39.0 Å². The van der Waals surface area contributed by atoms with E-state index in [9.17, 15) is 4.39 Å². The summed E-state index contributed by atoms with van der Waals surface area (Å²) in [4.78, 5) is 13.9. The molecular weight excluding hydrogens is 494 g/mol. The Bertz CT molecular complexity index is 1430. The van der Waals surface area contributed by atoms with Crippen LogP contribution in [0.15, 0.2) is 30.3 Å². The second-order valence-corrected chi connectivity index (χ2v) is 9.00. The second kappa shape index (κ2) is 11.6. The molecule has 10 nitrogen and oxygen atoms in total. The van der Waals surface area contributed by atoms with Crippen LogP contribution in [0.2, 0.25) is 0 Å². The Morgan fingerprint density at radius 2 is 1.92 bits per heavy atom. The highest BCUT2D eigenvalue weighted by Gasteiger charge is 2.18. The van der Waals surface area contributed by atoms with Gasteiger partial charge in [0.1, 0.15) is 11.6 Å². The summed E-state index contributed by atoms with van der Waals surface area (Å²) in [5, 5.41) is 13.6. The molecule has 0 unspecified atom stereocenters. The predicted molar refractivity (Wildman–Crippen MR) is 142 cm³/mol. The highest BCUT2D eigenvalue weighted by molar-refractivity contribution is 5.83. The number of nitrogens with one attached hydrogen (secondary N) is 4. The monoisotopic (exact) mass is 524 g/mol. The van der Waals surface area contributed by atoms with Crippen LogP contribution in [0.5, 0.6) is 11.8 Å². The van der Waals surface area contributed by atoms with Gasteiger partial charge in [0.25, 0.3) is 0 Å². The summed E-state index contributed by atoms with van der Waals surface area (Å²) in [5.41, 5.74) is 1.54. The van der Waals surface area contributed by atoms with Gasteiger partial charge in [0.15, 0.2) is 23.2 Å². The van der Waals surface area contributed by atoms with Crippen LogP contribution < -0.4 is 15.4 Å². The van der Waals surface area contributed by atoms with E-state index < -0.39 is 11.6 Å². The zero-order valence-electron chi connectivity index (χ0n) is 21.3. The molecule has 0 bridgehead atoms. The fourth-order valence-electron chi connectivity index (χ4n) is 4.27. The zero-order valence-corrected chi connectivity index (χ0v) is 21.3. The first-order chi connectivity index (χ1) is 18.5. The van der Waals surface area contributed by atoms with Crippen molar-refractivity contribution < 1.29 is 18.3 Å². The first kappa shape index (κ1) is 25.6. The lowest BCUT2D eigenvalue weighted by atomic mass is 10.2. The zero-order chi connectivity index (χ0) is 26.5. The lowest BCUT2D eigenvalue weighted by Gasteiger charge is -2.26. The minimum absolute atomic E-state index is 0.0850. The molecule has 3 aromatic heterocycles. The van der Waals surface area contributed by atoms with Crippen LogP contribution >= 0.6 is 0 Å². The maximum Gasteiger partial charge on any atom is 0.326 e. The van der Waals surface area contributed by atoms with Crippen molar-refractivity contribution >= 4 is 34.4 Å². The van der Waals surface area contributed by atoms with E-state index in [1.807, 2.05) is 25.1 Å². The number of ether oxygens (including phenoxy) is 2. The number of nitrogens with zero attached hydrogens (tertiary/aromatic N) is 4. The highest BCUT2D eigenvalue weighted by atomic mass is 19.1.